The Morgan fingerprint density at radius 2 is 1.97 bits per heavy atom. The van der Waals surface area contributed by atoms with E-state index in [9.17, 15) is 9.59 Å². The Balaban J connectivity index is 1.46. The highest BCUT2D eigenvalue weighted by atomic mass is 32.1. The summed E-state index contributed by atoms with van der Waals surface area (Å²) in [5.41, 5.74) is 3.47. The molecule has 1 saturated carbocycles. The van der Waals surface area contributed by atoms with E-state index in [0.717, 1.165) is 29.8 Å². The van der Waals surface area contributed by atoms with Gasteiger partial charge in [0.25, 0.3) is 0 Å². The average Bonchev–Trinajstić information content (AvgIpc) is 3.39. The average molecular weight is 441 g/mol. The van der Waals surface area contributed by atoms with Gasteiger partial charge in [0, 0.05) is 28.4 Å². The van der Waals surface area contributed by atoms with Crippen LogP contribution in [0.1, 0.15) is 51.1 Å². The first kappa shape index (κ1) is 21.1. The number of thiazole rings is 1. The molecule has 1 aliphatic carbocycles. The fourth-order valence-electron chi connectivity index (χ4n) is 3.78. The van der Waals surface area contributed by atoms with E-state index in [1.165, 1.54) is 11.3 Å². The summed E-state index contributed by atoms with van der Waals surface area (Å²) >= 11 is 1.29. The van der Waals surface area contributed by atoms with Crippen molar-refractivity contribution < 1.29 is 23.8 Å². The van der Waals surface area contributed by atoms with E-state index in [2.05, 4.69) is 9.55 Å². The molecule has 1 aromatic carbocycles. The van der Waals surface area contributed by atoms with E-state index in [1.807, 2.05) is 32.0 Å². The van der Waals surface area contributed by atoms with Crippen LogP contribution in [0.4, 0.5) is 0 Å². The summed E-state index contributed by atoms with van der Waals surface area (Å²) in [4.78, 5) is 29.5. The van der Waals surface area contributed by atoms with Crippen molar-refractivity contribution in [3.05, 3.63) is 52.3 Å². The summed E-state index contributed by atoms with van der Waals surface area (Å²) < 4.78 is 18.2. The summed E-state index contributed by atoms with van der Waals surface area (Å²) in [6, 6.07) is 7.82. The Morgan fingerprint density at radius 1 is 1.19 bits per heavy atom. The second-order valence-corrected chi connectivity index (χ2v) is 8.32. The summed E-state index contributed by atoms with van der Waals surface area (Å²) in [6.07, 6.45) is 2.28. The van der Waals surface area contributed by atoms with Crippen LogP contribution < -0.4 is 9.47 Å². The van der Waals surface area contributed by atoms with Gasteiger partial charge in [-0.05, 0) is 44.9 Å². The lowest BCUT2D eigenvalue weighted by Crippen LogP contribution is -2.15. The van der Waals surface area contributed by atoms with Crippen molar-refractivity contribution >= 4 is 23.1 Å². The first-order valence-electron chi connectivity index (χ1n) is 10.00. The maximum atomic E-state index is 12.7. The van der Waals surface area contributed by atoms with Crippen LogP contribution in [0.5, 0.6) is 11.5 Å². The Hall–Kier alpha value is -3.13. The van der Waals surface area contributed by atoms with Crippen molar-refractivity contribution in [1.29, 1.82) is 0 Å². The second kappa shape index (κ2) is 8.55. The smallest absolute Gasteiger partial charge is 0.358 e. The monoisotopic (exact) mass is 440 g/mol. The lowest BCUT2D eigenvalue weighted by atomic mass is 10.1. The molecule has 1 aliphatic rings. The minimum atomic E-state index is -0.631. The molecule has 0 aliphatic heterocycles. The number of esters is 1. The van der Waals surface area contributed by atoms with Gasteiger partial charge in [0.2, 0.25) is 5.78 Å². The number of ether oxygens (including phenoxy) is 3. The summed E-state index contributed by atoms with van der Waals surface area (Å²) in [5.74, 6) is 0.279. The zero-order valence-electron chi connectivity index (χ0n) is 17.9. The van der Waals surface area contributed by atoms with Gasteiger partial charge in [0.05, 0.1) is 19.8 Å². The molecule has 0 N–H and O–H groups in total. The molecule has 2 aromatic heterocycles. The molecule has 0 spiro atoms. The predicted molar refractivity (Wildman–Crippen MR) is 117 cm³/mol. The molecule has 162 valence electrons. The van der Waals surface area contributed by atoms with Gasteiger partial charge in [-0.15, -0.1) is 11.3 Å². The highest BCUT2D eigenvalue weighted by Crippen LogP contribution is 2.39. The number of carbonyl (C=O) groups is 2. The number of para-hydroxylation sites is 1. The highest BCUT2D eigenvalue weighted by molar-refractivity contribution is 7.13. The molecule has 7 nitrogen and oxygen atoms in total. The number of aromatic nitrogens is 2. The van der Waals surface area contributed by atoms with E-state index in [0.29, 0.717) is 28.1 Å². The quantitative estimate of drug-likeness (QED) is 0.376. The van der Waals surface area contributed by atoms with Crippen molar-refractivity contribution in [3.8, 4) is 22.1 Å². The third kappa shape index (κ3) is 4.07. The molecule has 8 heteroatoms. The molecule has 0 unspecified atom stereocenters. The number of ketones is 1. The molecule has 1 fully saturated rings. The minimum Gasteiger partial charge on any atom is -0.493 e. The molecule has 0 atom stereocenters. The second-order valence-electron chi connectivity index (χ2n) is 7.46. The first-order chi connectivity index (χ1) is 14.9. The Bertz CT molecular complexity index is 1140. The number of rotatable bonds is 8. The zero-order valence-corrected chi connectivity index (χ0v) is 18.7. The van der Waals surface area contributed by atoms with Gasteiger partial charge in [-0.1, -0.05) is 6.07 Å². The van der Waals surface area contributed by atoms with Crippen LogP contribution in [0.15, 0.2) is 29.6 Å². The molecular formula is C23H24N2O5S. The molecule has 3 aromatic rings. The van der Waals surface area contributed by atoms with Crippen molar-refractivity contribution in [2.24, 2.45) is 0 Å². The van der Waals surface area contributed by atoms with E-state index < -0.39 is 5.97 Å². The highest BCUT2D eigenvalue weighted by Gasteiger charge is 2.28. The maximum absolute atomic E-state index is 12.7. The standard InChI is InChI=1S/C23H24N2O5S/c1-13-10-17(14(2)25(13)15-8-9-15)19(26)11-30-23(27)18-12-31-22(24-18)16-6-5-7-20(28-3)21(16)29-4/h5-7,10,12,15H,8-9,11H2,1-4H3. The SMILES string of the molecule is COc1cccc(-c2nc(C(=O)OCC(=O)c3cc(C)n(C4CC4)c3C)cs2)c1OC. The lowest BCUT2D eigenvalue weighted by molar-refractivity contribution is 0.0469. The van der Waals surface area contributed by atoms with Crippen LogP contribution >= 0.6 is 11.3 Å². The number of carbonyl (C=O) groups excluding carboxylic acids is 2. The largest absolute Gasteiger partial charge is 0.493 e. The Morgan fingerprint density at radius 3 is 2.65 bits per heavy atom. The van der Waals surface area contributed by atoms with Crippen molar-refractivity contribution in [2.45, 2.75) is 32.7 Å². The maximum Gasteiger partial charge on any atom is 0.358 e. The molecular weight excluding hydrogens is 416 g/mol. The predicted octanol–water partition coefficient (Wildman–Crippen LogP) is 4.62. The third-order valence-corrected chi connectivity index (χ3v) is 6.25. The number of methoxy groups -OCH3 is 2. The molecule has 0 radical (unpaired) electrons. The van der Waals surface area contributed by atoms with Gasteiger partial charge in [0.1, 0.15) is 5.01 Å². The molecule has 4 rings (SSSR count). The number of hydrogen-bond donors (Lipinski definition) is 0. The lowest BCUT2D eigenvalue weighted by Gasteiger charge is -2.10. The first-order valence-corrected chi connectivity index (χ1v) is 10.9. The number of nitrogens with zero attached hydrogens (tertiary/aromatic N) is 2. The van der Waals surface area contributed by atoms with Crippen molar-refractivity contribution in [2.75, 3.05) is 20.8 Å². The Labute approximate surface area is 184 Å². The van der Waals surface area contributed by atoms with Gasteiger partial charge < -0.3 is 18.8 Å². The normalized spacial score (nSPS) is 13.2. The molecule has 31 heavy (non-hydrogen) atoms. The summed E-state index contributed by atoms with van der Waals surface area (Å²) in [7, 11) is 3.11. The number of aryl methyl sites for hydroxylation is 1. The minimum absolute atomic E-state index is 0.154. The topological polar surface area (TPSA) is 79.7 Å². The van der Waals surface area contributed by atoms with Crippen LogP contribution in [-0.4, -0.2) is 42.1 Å². The zero-order chi connectivity index (χ0) is 22.1. The van der Waals surface area contributed by atoms with Crippen molar-refractivity contribution in [1.82, 2.24) is 9.55 Å². The van der Waals surface area contributed by atoms with Crippen LogP contribution in [0.3, 0.4) is 0 Å². The number of hydrogen-bond acceptors (Lipinski definition) is 7. The fraction of sp³-hybridized carbons (Fsp3) is 0.348. The number of Topliss-reactive ketones (excluding diaryl/α,β-unsaturated/α-hetero) is 1. The number of benzene rings is 1. The van der Waals surface area contributed by atoms with E-state index >= 15 is 0 Å². The van der Waals surface area contributed by atoms with Crippen LogP contribution in [0.2, 0.25) is 0 Å². The van der Waals surface area contributed by atoms with E-state index in [1.54, 1.807) is 25.7 Å². The van der Waals surface area contributed by atoms with Crippen molar-refractivity contribution in [3.63, 3.8) is 0 Å². The molecule has 2 heterocycles. The molecule has 0 saturated heterocycles. The van der Waals surface area contributed by atoms with Gasteiger partial charge in [-0.3, -0.25) is 4.79 Å². The summed E-state index contributed by atoms with van der Waals surface area (Å²) in [5, 5.41) is 2.21. The van der Waals surface area contributed by atoms with E-state index in [4.69, 9.17) is 14.2 Å². The Kier molecular flexibility index (Phi) is 5.82. The van der Waals surface area contributed by atoms with Crippen LogP contribution in [0.25, 0.3) is 10.6 Å². The van der Waals surface area contributed by atoms with Gasteiger partial charge in [-0.25, -0.2) is 9.78 Å². The third-order valence-electron chi connectivity index (χ3n) is 5.38. The molecule has 0 bridgehead atoms. The van der Waals surface area contributed by atoms with Gasteiger partial charge in [0.15, 0.2) is 23.8 Å². The summed E-state index contributed by atoms with van der Waals surface area (Å²) in [6.45, 7) is 3.62. The van der Waals surface area contributed by atoms with Crippen LogP contribution in [0, 0.1) is 13.8 Å². The van der Waals surface area contributed by atoms with E-state index in [-0.39, 0.29) is 18.1 Å². The van der Waals surface area contributed by atoms with Gasteiger partial charge in [-0.2, -0.15) is 0 Å². The molecule has 0 amide bonds. The van der Waals surface area contributed by atoms with Crippen LogP contribution in [-0.2, 0) is 4.74 Å². The fourth-order valence-corrected chi connectivity index (χ4v) is 4.59. The van der Waals surface area contributed by atoms with Gasteiger partial charge >= 0.3 is 5.97 Å².